The summed E-state index contributed by atoms with van der Waals surface area (Å²) in [4.78, 5) is 11.8. The van der Waals surface area contributed by atoms with Crippen molar-refractivity contribution >= 4 is 11.7 Å². The van der Waals surface area contributed by atoms with Crippen LogP contribution >= 0.6 is 0 Å². The van der Waals surface area contributed by atoms with Crippen LogP contribution in [0.1, 0.15) is 17.4 Å². The first-order chi connectivity index (χ1) is 10.9. The highest BCUT2D eigenvalue weighted by Crippen LogP contribution is 2.34. The zero-order valence-electron chi connectivity index (χ0n) is 12.2. The minimum absolute atomic E-state index is 0.0457. The molecule has 1 heterocycles. The van der Waals surface area contributed by atoms with Gasteiger partial charge in [0.05, 0.1) is 24.1 Å². The van der Waals surface area contributed by atoms with Gasteiger partial charge in [-0.15, -0.1) is 0 Å². The number of carbonyl (C=O) groups excluding carboxylic acids is 1. The molecular formula is C15H15F3N2O3. The number of rotatable bonds is 5. The topological polar surface area (TPSA) is 63.5 Å². The summed E-state index contributed by atoms with van der Waals surface area (Å²) in [6.07, 6.45) is -3.62. The van der Waals surface area contributed by atoms with Crippen LogP contribution < -0.4 is 10.6 Å². The smallest absolute Gasteiger partial charge is 0.418 e. The van der Waals surface area contributed by atoms with Crippen LogP contribution in [-0.4, -0.2) is 19.7 Å². The summed E-state index contributed by atoms with van der Waals surface area (Å²) in [7, 11) is 1.44. The Kier molecular flexibility index (Phi) is 5.28. The van der Waals surface area contributed by atoms with Crippen molar-refractivity contribution < 1.29 is 27.1 Å². The fourth-order valence-electron chi connectivity index (χ4n) is 1.97. The van der Waals surface area contributed by atoms with Gasteiger partial charge in [-0.2, -0.15) is 13.2 Å². The van der Waals surface area contributed by atoms with E-state index in [1.807, 2.05) is 0 Å². The molecule has 0 unspecified atom stereocenters. The predicted molar refractivity (Wildman–Crippen MR) is 76.9 cm³/mol. The molecule has 2 amide bonds. The van der Waals surface area contributed by atoms with E-state index in [0.29, 0.717) is 5.76 Å². The molecule has 0 spiro atoms. The van der Waals surface area contributed by atoms with Gasteiger partial charge in [-0.25, -0.2) is 4.79 Å². The first kappa shape index (κ1) is 16.9. The number of anilines is 1. The van der Waals surface area contributed by atoms with Crippen molar-refractivity contribution in [1.82, 2.24) is 5.32 Å². The maximum Gasteiger partial charge on any atom is 0.418 e. The zero-order chi connectivity index (χ0) is 16.9. The Morgan fingerprint density at radius 1 is 1.26 bits per heavy atom. The van der Waals surface area contributed by atoms with Gasteiger partial charge in [0.25, 0.3) is 0 Å². The number of amides is 2. The van der Waals surface area contributed by atoms with E-state index in [4.69, 9.17) is 9.15 Å². The molecule has 0 fully saturated rings. The Morgan fingerprint density at radius 3 is 2.61 bits per heavy atom. The highest BCUT2D eigenvalue weighted by molar-refractivity contribution is 5.90. The average Bonchev–Trinajstić information content (AvgIpc) is 3.01. The van der Waals surface area contributed by atoms with Crippen molar-refractivity contribution in [3.05, 3.63) is 54.0 Å². The van der Waals surface area contributed by atoms with Gasteiger partial charge in [0, 0.05) is 7.11 Å². The molecule has 1 atom stereocenters. The van der Waals surface area contributed by atoms with E-state index < -0.39 is 23.9 Å². The number of urea groups is 1. The molecule has 0 radical (unpaired) electrons. The SMILES string of the molecule is CO[C@@H](CNC(=O)Nc1ccccc1C(F)(F)F)c1ccco1. The third-order valence-corrected chi connectivity index (χ3v) is 3.07. The van der Waals surface area contributed by atoms with Gasteiger partial charge in [-0.05, 0) is 24.3 Å². The summed E-state index contributed by atoms with van der Waals surface area (Å²) in [5.74, 6) is 0.503. The molecule has 1 aromatic heterocycles. The fraction of sp³-hybridized carbons (Fsp3) is 0.267. The largest absolute Gasteiger partial charge is 0.467 e. The number of halogens is 3. The Bertz CT molecular complexity index is 642. The van der Waals surface area contributed by atoms with Crippen molar-refractivity contribution in [1.29, 1.82) is 0 Å². The second-order valence-corrected chi connectivity index (χ2v) is 4.62. The maximum absolute atomic E-state index is 12.8. The van der Waals surface area contributed by atoms with E-state index in [0.717, 1.165) is 6.07 Å². The lowest BCUT2D eigenvalue weighted by molar-refractivity contribution is -0.136. The van der Waals surface area contributed by atoms with E-state index in [1.54, 1.807) is 12.1 Å². The quantitative estimate of drug-likeness (QED) is 0.877. The number of ether oxygens (including phenoxy) is 1. The van der Waals surface area contributed by atoms with Crippen LogP contribution in [0.3, 0.4) is 0 Å². The van der Waals surface area contributed by atoms with E-state index in [1.165, 1.54) is 31.6 Å². The number of carbonyl (C=O) groups is 1. The second-order valence-electron chi connectivity index (χ2n) is 4.62. The molecule has 2 rings (SSSR count). The number of hydrogen-bond donors (Lipinski definition) is 2. The Labute approximate surface area is 130 Å². The molecule has 124 valence electrons. The van der Waals surface area contributed by atoms with E-state index in [9.17, 15) is 18.0 Å². The summed E-state index contributed by atoms with van der Waals surface area (Å²) < 4.78 is 48.9. The highest BCUT2D eigenvalue weighted by atomic mass is 19.4. The van der Waals surface area contributed by atoms with Crippen molar-refractivity contribution in [2.75, 3.05) is 19.0 Å². The molecular weight excluding hydrogens is 313 g/mol. The lowest BCUT2D eigenvalue weighted by Gasteiger charge is -2.16. The van der Waals surface area contributed by atoms with Crippen molar-refractivity contribution in [3.63, 3.8) is 0 Å². The van der Waals surface area contributed by atoms with E-state index >= 15 is 0 Å². The van der Waals surface area contributed by atoms with Crippen LogP contribution in [0.5, 0.6) is 0 Å². The molecule has 0 aliphatic heterocycles. The Balaban J connectivity index is 1.98. The highest BCUT2D eigenvalue weighted by Gasteiger charge is 2.33. The standard InChI is InChI=1S/C15H15F3N2O3/c1-22-13(12-7-4-8-23-12)9-19-14(21)20-11-6-3-2-5-10(11)15(16,17)18/h2-8,13H,9H2,1H3,(H2,19,20,21)/t13-/m0/s1. The molecule has 1 aromatic carbocycles. The molecule has 0 saturated carbocycles. The molecule has 5 nitrogen and oxygen atoms in total. The van der Waals surface area contributed by atoms with E-state index in [2.05, 4.69) is 10.6 Å². The first-order valence-electron chi connectivity index (χ1n) is 6.69. The number of benzene rings is 1. The van der Waals surface area contributed by atoms with Crippen LogP contribution in [0.4, 0.5) is 23.7 Å². The first-order valence-corrected chi connectivity index (χ1v) is 6.69. The Morgan fingerprint density at radius 2 is 2.00 bits per heavy atom. The number of para-hydroxylation sites is 1. The zero-order valence-corrected chi connectivity index (χ0v) is 12.2. The minimum atomic E-state index is -4.55. The molecule has 0 aliphatic rings. The number of furan rings is 1. The van der Waals surface area contributed by atoms with Gasteiger partial charge in [0.15, 0.2) is 0 Å². The lowest BCUT2D eigenvalue weighted by Crippen LogP contribution is -2.33. The maximum atomic E-state index is 12.8. The number of methoxy groups -OCH3 is 1. The average molecular weight is 328 g/mol. The summed E-state index contributed by atoms with van der Waals surface area (Å²) in [6, 6.07) is 7.32. The summed E-state index contributed by atoms with van der Waals surface area (Å²) >= 11 is 0. The Hall–Kier alpha value is -2.48. The molecule has 0 aliphatic carbocycles. The monoisotopic (exact) mass is 328 g/mol. The molecule has 0 saturated heterocycles. The van der Waals surface area contributed by atoms with Crippen molar-refractivity contribution in [2.45, 2.75) is 12.3 Å². The minimum Gasteiger partial charge on any atom is -0.467 e. The normalized spacial score (nSPS) is 12.7. The van der Waals surface area contributed by atoms with Gasteiger partial charge in [-0.3, -0.25) is 0 Å². The molecule has 2 N–H and O–H groups in total. The molecule has 2 aromatic rings. The van der Waals surface area contributed by atoms with Crippen LogP contribution in [-0.2, 0) is 10.9 Å². The van der Waals surface area contributed by atoms with E-state index in [-0.39, 0.29) is 12.2 Å². The van der Waals surface area contributed by atoms with Gasteiger partial charge in [0.2, 0.25) is 0 Å². The van der Waals surface area contributed by atoms with Crippen LogP contribution in [0.15, 0.2) is 47.1 Å². The van der Waals surface area contributed by atoms with Crippen LogP contribution in [0.25, 0.3) is 0 Å². The molecule has 0 bridgehead atoms. The van der Waals surface area contributed by atoms with Crippen LogP contribution in [0, 0.1) is 0 Å². The third-order valence-electron chi connectivity index (χ3n) is 3.07. The van der Waals surface area contributed by atoms with Gasteiger partial charge in [-0.1, -0.05) is 12.1 Å². The van der Waals surface area contributed by atoms with Gasteiger partial charge >= 0.3 is 12.2 Å². The van der Waals surface area contributed by atoms with Crippen LogP contribution in [0.2, 0.25) is 0 Å². The van der Waals surface area contributed by atoms with Crippen molar-refractivity contribution in [3.8, 4) is 0 Å². The van der Waals surface area contributed by atoms with Crippen molar-refractivity contribution in [2.24, 2.45) is 0 Å². The predicted octanol–water partition coefficient (Wildman–Crippen LogP) is 3.81. The molecule has 8 heteroatoms. The second kappa shape index (κ2) is 7.19. The molecule has 23 heavy (non-hydrogen) atoms. The van der Waals surface area contributed by atoms with Gasteiger partial charge < -0.3 is 19.8 Å². The fourth-order valence-corrected chi connectivity index (χ4v) is 1.97. The summed E-state index contributed by atoms with van der Waals surface area (Å²) in [5, 5.41) is 4.63. The number of hydrogen-bond acceptors (Lipinski definition) is 3. The third kappa shape index (κ3) is 4.49. The van der Waals surface area contributed by atoms with Gasteiger partial charge in [0.1, 0.15) is 11.9 Å². The number of nitrogens with one attached hydrogen (secondary N) is 2. The lowest BCUT2D eigenvalue weighted by atomic mass is 10.1. The summed E-state index contributed by atoms with van der Waals surface area (Å²) in [6.45, 7) is 0.0457. The number of alkyl halides is 3. The summed E-state index contributed by atoms with van der Waals surface area (Å²) in [5.41, 5.74) is -1.23.